The van der Waals surface area contributed by atoms with Gasteiger partial charge in [0.25, 0.3) is 5.91 Å². The van der Waals surface area contributed by atoms with E-state index in [2.05, 4.69) is 20.6 Å². The third kappa shape index (κ3) is 4.30. The largest absolute Gasteiger partial charge is 0.380 e. The van der Waals surface area contributed by atoms with Gasteiger partial charge in [0.1, 0.15) is 0 Å². The van der Waals surface area contributed by atoms with Gasteiger partial charge >= 0.3 is 0 Å². The molecule has 24 heavy (non-hydrogen) atoms. The quantitative estimate of drug-likeness (QED) is 0.738. The molecule has 3 rings (SSSR count). The summed E-state index contributed by atoms with van der Waals surface area (Å²) < 4.78 is 0. The lowest BCUT2D eigenvalue weighted by Crippen LogP contribution is -2.12. The van der Waals surface area contributed by atoms with Crippen molar-refractivity contribution in [3.8, 4) is 0 Å². The highest BCUT2D eigenvalue weighted by atomic mass is 35.5. The summed E-state index contributed by atoms with van der Waals surface area (Å²) in [7, 11) is 0. The van der Waals surface area contributed by atoms with Gasteiger partial charge in [0.2, 0.25) is 0 Å². The molecule has 3 aromatic rings. The fraction of sp³-hybridized carbons (Fsp3) is 0.0556. The highest BCUT2D eigenvalue weighted by molar-refractivity contribution is 6.30. The standard InChI is InChI=1S/C18H15ClN4O/c19-15-3-5-16(6-4-15)23-18(24)14-8-17(12-21-11-14)22-10-13-2-1-7-20-9-13/h1-9,11-12,22H,10H2,(H,23,24). The molecular formula is C18H15ClN4O. The van der Waals surface area contributed by atoms with Crippen molar-refractivity contribution in [1.82, 2.24) is 9.97 Å². The van der Waals surface area contributed by atoms with Gasteiger partial charge in [0, 0.05) is 42.0 Å². The Balaban J connectivity index is 1.65. The lowest BCUT2D eigenvalue weighted by Gasteiger charge is -2.08. The highest BCUT2D eigenvalue weighted by Gasteiger charge is 2.07. The average molecular weight is 339 g/mol. The van der Waals surface area contributed by atoms with Crippen molar-refractivity contribution in [3.63, 3.8) is 0 Å². The molecule has 0 unspecified atom stereocenters. The first-order valence-corrected chi connectivity index (χ1v) is 7.73. The number of aromatic nitrogens is 2. The van der Waals surface area contributed by atoms with Gasteiger partial charge in [0.15, 0.2) is 0 Å². The maximum atomic E-state index is 12.3. The first-order valence-electron chi connectivity index (χ1n) is 7.35. The summed E-state index contributed by atoms with van der Waals surface area (Å²) in [6.45, 7) is 0.609. The Labute approximate surface area is 144 Å². The van der Waals surface area contributed by atoms with E-state index in [0.29, 0.717) is 22.8 Å². The van der Waals surface area contributed by atoms with Crippen molar-refractivity contribution < 1.29 is 4.79 Å². The van der Waals surface area contributed by atoms with Crippen LogP contribution in [0.1, 0.15) is 15.9 Å². The molecule has 2 aromatic heterocycles. The predicted molar refractivity (Wildman–Crippen MR) is 95.2 cm³/mol. The van der Waals surface area contributed by atoms with Gasteiger partial charge in [0.05, 0.1) is 11.3 Å². The molecule has 5 nitrogen and oxygen atoms in total. The van der Waals surface area contributed by atoms with Gasteiger partial charge in [-0.05, 0) is 42.0 Å². The van der Waals surface area contributed by atoms with Crippen LogP contribution in [0.5, 0.6) is 0 Å². The molecule has 0 saturated heterocycles. The van der Waals surface area contributed by atoms with Crippen LogP contribution in [0.4, 0.5) is 11.4 Å². The van der Waals surface area contributed by atoms with Crippen LogP contribution in [0.25, 0.3) is 0 Å². The number of carbonyl (C=O) groups excluding carboxylic acids is 1. The zero-order valence-electron chi connectivity index (χ0n) is 12.7. The van der Waals surface area contributed by atoms with Crippen molar-refractivity contribution in [3.05, 3.63) is 83.4 Å². The maximum absolute atomic E-state index is 12.3. The normalized spacial score (nSPS) is 10.2. The van der Waals surface area contributed by atoms with Crippen molar-refractivity contribution in [2.75, 3.05) is 10.6 Å². The van der Waals surface area contributed by atoms with Crippen molar-refractivity contribution >= 4 is 28.9 Å². The van der Waals surface area contributed by atoms with Gasteiger partial charge < -0.3 is 10.6 Å². The minimum atomic E-state index is -0.227. The Morgan fingerprint density at radius 1 is 1.00 bits per heavy atom. The Kier molecular flexibility index (Phi) is 5.03. The van der Waals surface area contributed by atoms with Crippen LogP contribution in [0.3, 0.4) is 0 Å². The van der Waals surface area contributed by atoms with Crippen LogP contribution in [0.15, 0.2) is 67.3 Å². The molecular weight excluding hydrogens is 324 g/mol. The summed E-state index contributed by atoms with van der Waals surface area (Å²) in [5, 5.41) is 6.66. The van der Waals surface area contributed by atoms with Gasteiger partial charge in [-0.15, -0.1) is 0 Å². The topological polar surface area (TPSA) is 66.9 Å². The molecule has 0 saturated carbocycles. The van der Waals surface area contributed by atoms with Crippen molar-refractivity contribution in [2.24, 2.45) is 0 Å². The number of amides is 1. The summed E-state index contributed by atoms with van der Waals surface area (Å²) in [6.07, 6.45) is 6.72. The lowest BCUT2D eigenvalue weighted by molar-refractivity contribution is 0.102. The number of anilines is 2. The van der Waals surface area contributed by atoms with Crippen LogP contribution in [0, 0.1) is 0 Å². The number of hydrogen-bond donors (Lipinski definition) is 2. The van der Waals surface area contributed by atoms with E-state index >= 15 is 0 Å². The molecule has 0 aliphatic rings. The second-order valence-corrected chi connectivity index (χ2v) is 5.57. The summed E-state index contributed by atoms with van der Waals surface area (Å²) in [5.74, 6) is -0.227. The van der Waals surface area contributed by atoms with E-state index in [1.165, 1.54) is 6.20 Å². The average Bonchev–Trinajstić information content (AvgIpc) is 2.63. The zero-order chi connectivity index (χ0) is 16.8. The Morgan fingerprint density at radius 3 is 2.58 bits per heavy atom. The van der Waals surface area contributed by atoms with E-state index < -0.39 is 0 Å². The van der Waals surface area contributed by atoms with E-state index in [0.717, 1.165) is 11.3 Å². The van der Waals surface area contributed by atoms with Gasteiger partial charge in [-0.2, -0.15) is 0 Å². The first kappa shape index (κ1) is 16.0. The fourth-order valence-corrected chi connectivity index (χ4v) is 2.23. The molecule has 6 heteroatoms. The summed E-state index contributed by atoms with van der Waals surface area (Å²) >= 11 is 5.84. The second kappa shape index (κ2) is 7.57. The Hall–Kier alpha value is -2.92. The van der Waals surface area contributed by atoms with Crippen LogP contribution in [-0.4, -0.2) is 15.9 Å². The summed E-state index contributed by atoms with van der Waals surface area (Å²) in [6, 6.07) is 12.6. The van der Waals surface area contributed by atoms with Crippen LogP contribution in [0.2, 0.25) is 5.02 Å². The number of nitrogens with one attached hydrogen (secondary N) is 2. The smallest absolute Gasteiger partial charge is 0.257 e. The second-order valence-electron chi connectivity index (χ2n) is 5.14. The van der Waals surface area contributed by atoms with Gasteiger partial charge in [-0.3, -0.25) is 14.8 Å². The van der Waals surface area contributed by atoms with Crippen LogP contribution in [-0.2, 0) is 6.54 Å². The van der Waals surface area contributed by atoms with E-state index in [1.807, 2.05) is 12.1 Å². The third-order valence-electron chi connectivity index (χ3n) is 3.32. The molecule has 120 valence electrons. The predicted octanol–water partition coefficient (Wildman–Crippen LogP) is 3.99. The molecule has 0 radical (unpaired) electrons. The maximum Gasteiger partial charge on any atom is 0.257 e. The number of pyridine rings is 2. The summed E-state index contributed by atoms with van der Waals surface area (Å²) in [4.78, 5) is 20.5. The molecule has 1 aromatic carbocycles. The molecule has 0 bridgehead atoms. The van der Waals surface area contributed by atoms with E-state index in [4.69, 9.17) is 11.6 Å². The minimum absolute atomic E-state index is 0.227. The SMILES string of the molecule is O=C(Nc1ccc(Cl)cc1)c1cncc(NCc2cccnc2)c1. The molecule has 0 fully saturated rings. The van der Waals surface area contributed by atoms with Gasteiger partial charge in [-0.25, -0.2) is 0 Å². The fourth-order valence-electron chi connectivity index (χ4n) is 2.10. The van der Waals surface area contributed by atoms with E-state index in [1.54, 1.807) is 48.9 Å². The summed E-state index contributed by atoms with van der Waals surface area (Å²) in [5.41, 5.74) is 2.97. The number of nitrogens with zero attached hydrogens (tertiary/aromatic N) is 2. The zero-order valence-corrected chi connectivity index (χ0v) is 13.5. The molecule has 1 amide bonds. The lowest BCUT2D eigenvalue weighted by atomic mass is 10.2. The molecule has 0 spiro atoms. The Bertz CT molecular complexity index is 822. The highest BCUT2D eigenvalue weighted by Crippen LogP contribution is 2.16. The third-order valence-corrected chi connectivity index (χ3v) is 3.57. The molecule has 0 aliphatic heterocycles. The monoisotopic (exact) mass is 338 g/mol. The molecule has 2 heterocycles. The molecule has 2 N–H and O–H groups in total. The van der Waals surface area contributed by atoms with E-state index in [9.17, 15) is 4.79 Å². The molecule has 0 aliphatic carbocycles. The van der Waals surface area contributed by atoms with Gasteiger partial charge in [-0.1, -0.05) is 17.7 Å². The first-order chi connectivity index (χ1) is 11.7. The number of carbonyl (C=O) groups is 1. The van der Waals surface area contributed by atoms with Crippen LogP contribution < -0.4 is 10.6 Å². The number of benzene rings is 1. The minimum Gasteiger partial charge on any atom is -0.380 e. The number of hydrogen-bond acceptors (Lipinski definition) is 4. The van der Waals surface area contributed by atoms with Crippen molar-refractivity contribution in [2.45, 2.75) is 6.54 Å². The van der Waals surface area contributed by atoms with Crippen molar-refractivity contribution in [1.29, 1.82) is 0 Å². The number of rotatable bonds is 5. The van der Waals surface area contributed by atoms with Crippen LogP contribution >= 0.6 is 11.6 Å². The number of halogens is 1. The Morgan fingerprint density at radius 2 is 1.83 bits per heavy atom. The van der Waals surface area contributed by atoms with E-state index in [-0.39, 0.29) is 5.91 Å². The molecule has 0 atom stereocenters.